The fourth-order valence-corrected chi connectivity index (χ4v) is 3.68. The van der Waals surface area contributed by atoms with Gasteiger partial charge in [-0.1, -0.05) is 32.5 Å². The maximum Gasteiger partial charge on any atom is 0.136 e. The van der Waals surface area contributed by atoms with E-state index in [2.05, 4.69) is 25.2 Å². The minimum atomic E-state index is 0.314. The van der Waals surface area contributed by atoms with Crippen molar-refractivity contribution >= 4 is 23.0 Å². The molecule has 1 atom stereocenters. The van der Waals surface area contributed by atoms with Gasteiger partial charge in [0.1, 0.15) is 10.8 Å². The van der Waals surface area contributed by atoms with Crippen molar-refractivity contribution in [2.45, 2.75) is 58.4 Å². The SMILES string of the molecule is CC1(C)CCCC1Nc1nc2c(cc1C(N)=S)CCC2. The second-order valence-corrected chi connectivity index (χ2v) is 7.23. The van der Waals surface area contributed by atoms with Gasteiger partial charge in [0.15, 0.2) is 0 Å². The molecule has 1 saturated carbocycles. The topological polar surface area (TPSA) is 50.9 Å². The predicted molar refractivity (Wildman–Crippen MR) is 87.2 cm³/mol. The number of hydrogen-bond acceptors (Lipinski definition) is 3. The highest BCUT2D eigenvalue weighted by Gasteiger charge is 2.35. The van der Waals surface area contributed by atoms with Crippen molar-refractivity contribution < 1.29 is 0 Å². The summed E-state index contributed by atoms with van der Waals surface area (Å²) in [6.45, 7) is 4.65. The van der Waals surface area contributed by atoms with Crippen molar-refractivity contribution in [2.75, 3.05) is 5.32 Å². The number of aryl methyl sites for hydroxylation is 2. The summed E-state index contributed by atoms with van der Waals surface area (Å²) < 4.78 is 0. The standard InChI is InChI=1S/C16H23N3S/c1-16(2)8-4-7-13(16)19-15-11(14(17)20)9-10-5-3-6-12(10)18-15/h9,13H,3-8H2,1-2H3,(H2,17,20)(H,18,19). The van der Waals surface area contributed by atoms with E-state index >= 15 is 0 Å². The number of thiocarbonyl (C=S) groups is 1. The smallest absolute Gasteiger partial charge is 0.136 e. The highest BCUT2D eigenvalue weighted by atomic mass is 32.1. The fraction of sp³-hybridized carbons (Fsp3) is 0.625. The molecular formula is C16H23N3S. The molecule has 3 rings (SSSR count). The van der Waals surface area contributed by atoms with Gasteiger partial charge < -0.3 is 11.1 Å². The van der Waals surface area contributed by atoms with Crippen LogP contribution in [-0.4, -0.2) is 16.0 Å². The van der Waals surface area contributed by atoms with Crippen LogP contribution in [0.25, 0.3) is 0 Å². The van der Waals surface area contributed by atoms with Crippen LogP contribution in [0, 0.1) is 5.41 Å². The maximum atomic E-state index is 5.90. The zero-order valence-corrected chi connectivity index (χ0v) is 13.1. The molecule has 0 bridgehead atoms. The third-order valence-corrected chi connectivity index (χ3v) is 5.10. The van der Waals surface area contributed by atoms with Gasteiger partial charge in [-0.25, -0.2) is 4.98 Å². The lowest BCUT2D eigenvalue weighted by Crippen LogP contribution is -2.32. The first-order valence-electron chi connectivity index (χ1n) is 7.56. The number of rotatable bonds is 3. The van der Waals surface area contributed by atoms with Gasteiger partial charge in [0, 0.05) is 11.7 Å². The number of fused-ring (bicyclic) bond motifs is 1. The Bertz CT molecular complexity index is 551. The number of anilines is 1. The molecular weight excluding hydrogens is 266 g/mol. The number of nitrogens with one attached hydrogen (secondary N) is 1. The first-order chi connectivity index (χ1) is 9.47. The second-order valence-electron chi connectivity index (χ2n) is 6.79. The van der Waals surface area contributed by atoms with Gasteiger partial charge in [-0.3, -0.25) is 0 Å². The van der Waals surface area contributed by atoms with Gasteiger partial charge in [0.25, 0.3) is 0 Å². The molecule has 2 aliphatic carbocycles. The number of nitrogens with two attached hydrogens (primary N) is 1. The Morgan fingerprint density at radius 1 is 1.40 bits per heavy atom. The normalized spacial score (nSPS) is 23.6. The summed E-state index contributed by atoms with van der Waals surface area (Å²) in [4.78, 5) is 5.27. The molecule has 1 unspecified atom stereocenters. The summed E-state index contributed by atoms with van der Waals surface area (Å²) in [6.07, 6.45) is 7.11. The Balaban J connectivity index is 1.94. The van der Waals surface area contributed by atoms with Crippen LogP contribution in [0.4, 0.5) is 5.82 Å². The van der Waals surface area contributed by atoms with Crippen molar-refractivity contribution in [1.29, 1.82) is 0 Å². The van der Waals surface area contributed by atoms with Gasteiger partial charge in [-0.05, 0) is 49.1 Å². The summed E-state index contributed by atoms with van der Waals surface area (Å²) in [5, 5.41) is 3.63. The molecule has 0 spiro atoms. The highest BCUT2D eigenvalue weighted by molar-refractivity contribution is 7.80. The van der Waals surface area contributed by atoms with E-state index in [4.69, 9.17) is 22.9 Å². The Morgan fingerprint density at radius 2 is 2.20 bits per heavy atom. The Kier molecular flexibility index (Phi) is 3.44. The average Bonchev–Trinajstić information content (AvgIpc) is 2.95. The van der Waals surface area contributed by atoms with E-state index in [1.165, 1.54) is 36.9 Å². The number of aromatic nitrogens is 1. The first-order valence-corrected chi connectivity index (χ1v) is 7.97. The molecule has 0 aliphatic heterocycles. The molecule has 1 fully saturated rings. The van der Waals surface area contributed by atoms with Gasteiger partial charge in [-0.2, -0.15) is 0 Å². The van der Waals surface area contributed by atoms with Gasteiger partial charge in [0.2, 0.25) is 0 Å². The number of nitrogens with zero attached hydrogens (tertiary/aromatic N) is 1. The molecule has 3 nitrogen and oxygen atoms in total. The lowest BCUT2D eigenvalue weighted by molar-refractivity contribution is 0.349. The van der Waals surface area contributed by atoms with E-state index in [-0.39, 0.29) is 0 Å². The fourth-order valence-electron chi connectivity index (χ4n) is 3.53. The molecule has 0 amide bonds. The van der Waals surface area contributed by atoms with Crippen LogP contribution in [0.3, 0.4) is 0 Å². The molecule has 0 saturated heterocycles. The lowest BCUT2D eigenvalue weighted by Gasteiger charge is -2.29. The van der Waals surface area contributed by atoms with Crippen LogP contribution < -0.4 is 11.1 Å². The maximum absolute atomic E-state index is 5.90. The van der Waals surface area contributed by atoms with Crippen molar-refractivity contribution in [3.8, 4) is 0 Å². The van der Waals surface area contributed by atoms with Crippen molar-refractivity contribution in [3.05, 3.63) is 22.9 Å². The minimum Gasteiger partial charge on any atom is -0.389 e. The second kappa shape index (κ2) is 4.99. The van der Waals surface area contributed by atoms with Crippen LogP contribution in [-0.2, 0) is 12.8 Å². The molecule has 1 aromatic heterocycles. The van der Waals surface area contributed by atoms with Gasteiger partial charge in [-0.15, -0.1) is 0 Å². The summed E-state index contributed by atoms with van der Waals surface area (Å²) in [6, 6.07) is 2.62. The van der Waals surface area contributed by atoms with Crippen LogP contribution in [0.5, 0.6) is 0 Å². The highest BCUT2D eigenvalue weighted by Crippen LogP contribution is 2.39. The van der Waals surface area contributed by atoms with Crippen LogP contribution in [0.15, 0.2) is 6.07 Å². The third-order valence-electron chi connectivity index (χ3n) is 4.88. The van der Waals surface area contributed by atoms with Gasteiger partial charge in [0.05, 0.1) is 5.56 Å². The van der Waals surface area contributed by atoms with Crippen LogP contribution >= 0.6 is 12.2 Å². The van der Waals surface area contributed by atoms with E-state index in [1.807, 2.05) is 0 Å². The summed E-state index contributed by atoms with van der Waals surface area (Å²) in [5.41, 5.74) is 9.68. The van der Waals surface area contributed by atoms with E-state index in [9.17, 15) is 0 Å². The Morgan fingerprint density at radius 3 is 2.85 bits per heavy atom. The number of pyridine rings is 1. The van der Waals surface area contributed by atoms with Crippen molar-refractivity contribution in [1.82, 2.24) is 4.98 Å². The average molecular weight is 289 g/mol. The van der Waals surface area contributed by atoms with Crippen LogP contribution in [0.2, 0.25) is 0 Å². The molecule has 2 aliphatic rings. The van der Waals surface area contributed by atoms with Crippen LogP contribution in [0.1, 0.15) is 56.4 Å². The van der Waals surface area contributed by atoms with E-state index in [0.717, 1.165) is 24.2 Å². The molecule has 108 valence electrons. The minimum absolute atomic E-state index is 0.314. The third kappa shape index (κ3) is 2.41. The molecule has 1 heterocycles. The molecule has 1 aromatic rings. The van der Waals surface area contributed by atoms with Gasteiger partial charge >= 0.3 is 0 Å². The van der Waals surface area contributed by atoms with Crippen molar-refractivity contribution in [2.24, 2.45) is 11.1 Å². The Labute approximate surface area is 126 Å². The summed E-state index contributed by atoms with van der Waals surface area (Å²) >= 11 is 5.22. The molecule has 3 N–H and O–H groups in total. The predicted octanol–water partition coefficient (Wildman–Crippen LogP) is 3.20. The lowest BCUT2D eigenvalue weighted by atomic mass is 9.87. The van der Waals surface area contributed by atoms with E-state index in [1.54, 1.807) is 0 Å². The Hall–Kier alpha value is -1.16. The monoisotopic (exact) mass is 289 g/mol. The first kappa shape index (κ1) is 13.8. The summed E-state index contributed by atoms with van der Waals surface area (Å²) in [5.74, 6) is 0.901. The molecule has 20 heavy (non-hydrogen) atoms. The zero-order chi connectivity index (χ0) is 14.3. The molecule has 4 heteroatoms. The van der Waals surface area contributed by atoms with E-state index in [0.29, 0.717) is 16.4 Å². The molecule has 0 aromatic carbocycles. The number of hydrogen-bond donors (Lipinski definition) is 2. The van der Waals surface area contributed by atoms with Crippen molar-refractivity contribution in [3.63, 3.8) is 0 Å². The quantitative estimate of drug-likeness (QED) is 0.839. The summed E-state index contributed by atoms with van der Waals surface area (Å²) in [7, 11) is 0. The largest absolute Gasteiger partial charge is 0.389 e. The zero-order valence-electron chi connectivity index (χ0n) is 12.3. The van der Waals surface area contributed by atoms with E-state index < -0.39 is 0 Å². The molecule has 0 radical (unpaired) electrons.